The predicted octanol–water partition coefficient (Wildman–Crippen LogP) is 1.71. The third-order valence-corrected chi connectivity index (χ3v) is 1.72. The number of rotatable bonds is 4. The Morgan fingerprint density at radius 2 is 2.11 bits per heavy atom. The zero-order chi connectivity index (χ0) is 7.28. The third kappa shape index (κ3) is 4.79. The molecule has 2 atom stereocenters. The lowest BCUT2D eigenvalue weighted by atomic mass is 10.0. The van der Waals surface area contributed by atoms with Gasteiger partial charge in [-0.1, -0.05) is 20.3 Å². The van der Waals surface area contributed by atoms with Crippen molar-refractivity contribution in [1.29, 1.82) is 0 Å². The van der Waals surface area contributed by atoms with Crippen molar-refractivity contribution in [3.05, 3.63) is 0 Å². The van der Waals surface area contributed by atoms with Crippen LogP contribution < -0.4 is 0 Å². The fourth-order valence-electron chi connectivity index (χ4n) is 0.853. The van der Waals surface area contributed by atoms with Crippen molar-refractivity contribution in [3.63, 3.8) is 0 Å². The number of aliphatic hydroxyl groups is 1. The van der Waals surface area contributed by atoms with Crippen molar-refractivity contribution in [2.45, 2.75) is 31.9 Å². The highest BCUT2D eigenvalue weighted by molar-refractivity contribution is 7.80. The largest absolute Gasteiger partial charge is 0.396 e. The molecule has 0 rings (SSSR count). The van der Waals surface area contributed by atoms with E-state index in [9.17, 15) is 0 Å². The molecule has 0 bridgehead atoms. The molecule has 2 unspecified atom stereocenters. The minimum atomic E-state index is 0.307. The van der Waals surface area contributed by atoms with E-state index in [2.05, 4.69) is 26.5 Å². The number of hydrogen-bond donors (Lipinski definition) is 2. The minimum Gasteiger partial charge on any atom is -0.396 e. The van der Waals surface area contributed by atoms with E-state index >= 15 is 0 Å². The zero-order valence-corrected chi connectivity index (χ0v) is 7.06. The van der Waals surface area contributed by atoms with Gasteiger partial charge in [-0.15, -0.1) is 0 Å². The van der Waals surface area contributed by atoms with E-state index in [-0.39, 0.29) is 0 Å². The van der Waals surface area contributed by atoms with Crippen molar-refractivity contribution >= 4 is 12.6 Å². The van der Waals surface area contributed by atoms with Crippen LogP contribution in [0.3, 0.4) is 0 Å². The molecule has 0 aromatic heterocycles. The quantitative estimate of drug-likeness (QED) is 0.582. The third-order valence-electron chi connectivity index (χ3n) is 1.51. The van der Waals surface area contributed by atoms with Crippen LogP contribution in [0.25, 0.3) is 0 Å². The number of aliphatic hydroxyl groups excluding tert-OH is 1. The topological polar surface area (TPSA) is 20.2 Å². The fraction of sp³-hybridized carbons (Fsp3) is 1.00. The van der Waals surface area contributed by atoms with E-state index in [1.165, 1.54) is 0 Å². The Bertz CT molecular complexity index is 59.9. The smallest absolute Gasteiger partial charge is 0.0459 e. The monoisotopic (exact) mass is 148 g/mol. The van der Waals surface area contributed by atoms with Crippen molar-refractivity contribution in [2.75, 3.05) is 6.61 Å². The highest BCUT2D eigenvalue weighted by Crippen LogP contribution is 2.12. The van der Waals surface area contributed by atoms with Gasteiger partial charge in [0.2, 0.25) is 0 Å². The van der Waals surface area contributed by atoms with Crippen molar-refractivity contribution in [1.82, 2.24) is 0 Å². The van der Waals surface area contributed by atoms with Crippen LogP contribution in [0.1, 0.15) is 26.7 Å². The molecular weight excluding hydrogens is 132 g/mol. The molecule has 0 amide bonds. The zero-order valence-electron chi connectivity index (χ0n) is 6.17. The first-order valence-corrected chi connectivity index (χ1v) is 4.01. The first-order valence-electron chi connectivity index (χ1n) is 3.49. The number of thiol groups is 1. The molecule has 2 heteroatoms. The maximum absolute atomic E-state index is 8.74. The molecule has 0 aromatic carbocycles. The fourth-order valence-corrected chi connectivity index (χ4v) is 1.15. The molecule has 1 N–H and O–H groups in total. The summed E-state index contributed by atoms with van der Waals surface area (Å²) in [6.45, 7) is 4.46. The number of hydrogen-bond acceptors (Lipinski definition) is 2. The molecular formula is C7H16OS. The summed E-state index contributed by atoms with van der Waals surface area (Å²) in [6, 6.07) is 0. The van der Waals surface area contributed by atoms with E-state index in [1.54, 1.807) is 0 Å². The first-order chi connectivity index (χ1) is 4.20. The van der Waals surface area contributed by atoms with E-state index < -0.39 is 0 Å². The molecule has 0 saturated carbocycles. The summed E-state index contributed by atoms with van der Waals surface area (Å²) in [5.74, 6) is 0.456. The van der Waals surface area contributed by atoms with E-state index in [4.69, 9.17) is 5.11 Å². The van der Waals surface area contributed by atoms with Gasteiger partial charge in [-0.05, 0) is 17.6 Å². The summed E-state index contributed by atoms with van der Waals surface area (Å²) in [4.78, 5) is 0. The Morgan fingerprint density at radius 1 is 1.56 bits per heavy atom. The molecule has 0 spiro atoms. The molecule has 0 aromatic rings. The van der Waals surface area contributed by atoms with Crippen LogP contribution in [0, 0.1) is 5.92 Å². The van der Waals surface area contributed by atoms with Gasteiger partial charge in [0.05, 0.1) is 0 Å². The maximum Gasteiger partial charge on any atom is 0.0459 e. The first kappa shape index (κ1) is 9.31. The second kappa shape index (κ2) is 5.12. The summed E-state index contributed by atoms with van der Waals surface area (Å²) < 4.78 is 0. The molecule has 9 heavy (non-hydrogen) atoms. The molecule has 0 aliphatic carbocycles. The van der Waals surface area contributed by atoms with Gasteiger partial charge in [0.25, 0.3) is 0 Å². The predicted molar refractivity (Wildman–Crippen MR) is 43.9 cm³/mol. The Morgan fingerprint density at radius 3 is 2.22 bits per heavy atom. The molecule has 0 aliphatic heterocycles. The van der Waals surface area contributed by atoms with Crippen molar-refractivity contribution < 1.29 is 5.11 Å². The van der Waals surface area contributed by atoms with Crippen LogP contribution in [0.2, 0.25) is 0 Å². The lowest BCUT2D eigenvalue weighted by molar-refractivity contribution is 0.215. The van der Waals surface area contributed by atoms with Gasteiger partial charge >= 0.3 is 0 Å². The molecule has 1 nitrogen and oxygen atoms in total. The average molecular weight is 148 g/mol. The Labute approximate surface area is 62.9 Å². The molecule has 56 valence electrons. The van der Waals surface area contributed by atoms with Crippen molar-refractivity contribution in [2.24, 2.45) is 5.92 Å². The van der Waals surface area contributed by atoms with Crippen LogP contribution in [0.4, 0.5) is 0 Å². The molecule has 0 radical (unpaired) electrons. The minimum absolute atomic E-state index is 0.307. The van der Waals surface area contributed by atoms with Gasteiger partial charge in [0.1, 0.15) is 0 Å². The summed E-state index contributed by atoms with van der Waals surface area (Å²) >= 11 is 4.23. The van der Waals surface area contributed by atoms with Gasteiger partial charge in [0, 0.05) is 6.61 Å². The van der Waals surface area contributed by atoms with Gasteiger partial charge in [-0.3, -0.25) is 0 Å². The highest BCUT2D eigenvalue weighted by Gasteiger charge is 2.06. The summed E-state index contributed by atoms with van der Waals surface area (Å²) in [5, 5.41) is 9.16. The lowest BCUT2D eigenvalue weighted by Crippen LogP contribution is -2.09. The average Bonchev–Trinajstić information content (AvgIpc) is 1.82. The van der Waals surface area contributed by atoms with Crippen LogP contribution in [-0.4, -0.2) is 17.0 Å². The standard InChI is InChI=1S/C7H16OS/c1-3-7(5-8)4-6(2)9/h6-9H,3-5H2,1-2H3. The Kier molecular flexibility index (Phi) is 5.30. The lowest BCUT2D eigenvalue weighted by Gasteiger charge is -2.12. The maximum atomic E-state index is 8.74. The summed E-state index contributed by atoms with van der Waals surface area (Å²) in [6.07, 6.45) is 2.08. The Balaban J connectivity index is 3.31. The van der Waals surface area contributed by atoms with Gasteiger partial charge in [-0.25, -0.2) is 0 Å². The second-order valence-corrected chi connectivity index (χ2v) is 3.42. The van der Waals surface area contributed by atoms with Crippen molar-refractivity contribution in [3.8, 4) is 0 Å². The second-order valence-electron chi connectivity index (χ2n) is 2.54. The van der Waals surface area contributed by atoms with Crippen LogP contribution >= 0.6 is 12.6 Å². The van der Waals surface area contributed by atoms with Crippen LogP contribution in [-0.2, 0) is 0 Å². The van der Waals surface area contributed by atoms with Gasteiger partial charge in [-0.2, -0.15) is 12.6 Å². The summed E-state index contributed by atoms with van der Waals surface area (Å²) in [7, 11) is 0. The van der Waals surface area contributed by atoms with E-state index in [1.807, 2.05) is 0 Å². The Hall–Kier alpha value is 0.310. The normalized spacial score (nSPS) is 17.3. The molecule has 0 heterocycles. The molecule has 0 aliphatic rings. The highest BCUT2D eigenvalue weighted by atomic mass is 32.1. The molecule has 0 fully saturated rings. The van der Waals surface area contributed by atoms with Gasteiger partial charge < -0.3 is 5.11 Å². The summed E-state index contributed by atoms with van der Waals surface area (Å²) in [5.41, 5.74) is 0. The van der Waals surface area contributed by atoms with Crippen LogP contribution in [0.5, 0.6) is 0 Å². The van der Waals surface area contributed by atoms with Crippen LogP contribution in [0.15, 0.2) is 0 Å². The van der Waals surface area contributed by atoms with E-state index in [0.29, 0.717) is 17.8 Å². The molecule has 0 saturated heterocycles. The SMILES string of the molecule is CCC(CO)CC(C)S. The van der Waals surface area contributed by atoms with Gasteiger partial charge in [0.15, 0.2) is 0 Å². The van der Waals surface area contributed by atoms with E-state index in [0.717, 1.165) is 12.8 Å².